The Morgan fingerprint density at radius 2 is 1.59 bits per heavy atom. The molecule has 34 heavy (non-hydrogen) atoms. The van der Waals surface area contributed by atoms with Gasteiger partial charge in [0.25, 0.3) is 5.91 Å². The van der Waals surface area contributed by atoms with Gasteiger partial charge in [0.2, 0.25) is 5.91 Å². The van der Waals surface area contributed by atoms with E-state index < -0.39 is 18.1 Å². The number of carbonyl (C=O) groups excluding carboxylic acids is 2. The van der Waals surface area contributed by atoms with Gasteiger partial charge in [0.15, 0.2) is 6.10 Å². The first-order valence-electron chi connectivity index (χ1n) is 11.5. The summed E-state index contributed by atoms with van der Waals surface area (Å²) in [7, 11) is 0. The fraction of sp³-hybridized carbons (Fsp3) is 0.259. The van der Waals surface area contributed by atoms with Crippen molar-refractivity contribution in [1.29, 1.82) is 0 Å². The minimum Gasteiger partial charge on any atom is -0.494 e. The first-order chi connectivity index (χ1) is 16.6. The van der Waals surface area contributed by atoms with E-state index in [2.05, 4.69) is 6.92 Å². The van der Waals surface area contributed by atoms with Crippen molar-refractivity contribution in [2.75, 3.05) is 16.6 Å². The minimum atomic E-state index is -0.908. The van der Waals surface area contributed by atoms with Crippen LogP contribution >= 0.6 is 11.6 Å². The predicted octanol–water partition coefficient (Wildman–Crippen LogP) is 5.57. The van der Waals surface area contributed by atoms with Crippen molar-refractivity contribution in [3.8, 4) is 5.75 Å². The summed E-state index contributed by atoms with van der Waals surface area (Å²) in [4.78, 5) is 34.5. The molecule has 2 amide bonds. The lowest BCUT2D eigenvalue weighted by atomic mass is 9.90. The van der Waals surface area contributed by atoms with Gasteiger partial charge in [-0.2, -0.15) is 0 Å². The smallest absolute Gasteiger partial charge is 0.266 e. The van der Waals surface area contributed by atoms with Crippen LogP contribution in [0.1, 0.15) is 31.4 Å². The molecular weight excluding hydrogens is 452 g/mol. The summed E-state index contributed by atoms with van der Waals surface area (Å²) in [6.07, 6.45) is 1.11. The van der Waals surface area contributed by atoms with Crippen LogP contribution in [0.25, 0.3) is 0 Å². The molecule has 0 bridgehead atoms. The predicted molar refractivity (Wildman–Crippen MR) is 131 cm³/mol. The molecule has 5 rings (SSSR count). The highest BCUT2D eigenvalue weighted by atomic mass is 35.5. The molecule has 0 unspecified atom stereocenters. The number of anilines is 2. The van der Waals surface area contributed by atoms with Crippen molar-refractivity contribution in [3.05, 3.63) is 89.4 Å². The minimum absolute atomic E-state index is 0.284. The molecule has 6 nitrogen and oxygen atoms in total. The Hall–Kier alpha value is -3.35. The Balaban J connectivity index is 1.46. The second-order valence-electron chi connectivity index (χ2n) is 8.42. The van der Waals surface area contributed by atoms with E-state index in [1.807, 2.05) is 42.5 Å². The van der Waals surface area contributed by atoms with Crippen molar-refractivity contribution in [3.63, 3.8) is 0 Å². The number of carbonyl (C=O) groups is 2. The largest absolute Gasteiger partial charge is 0.494 e. The SMILES string of the molecule is CCCCOc1ccc(N2C(=O)[C@@H]3[C@H](ON(c4ccccc4)[C@H]3c3ccc(Cl)cc3)C2=O)cc1. The molecule has 3 aromatic rings. The Bertz CT molecular complexity index is 1170. The topological polar surface area (TPSA) is 59.1 Å². The monoisotopic (exact) mass is 476 g/mol. The maximum atomic E-state index is 13.7. The Morgan fingerprint density at radius 3 is 2.26 bits per heavy atom. The van der Waals surface area contributed by atoms with Crippen molar-refractivity contribution >= 4 is 34.8 Å². The van der Waals surface area contributed by atoms with Crippen molar-refractivity contribution in [2.24, 2.45) is 5.92 Å². The van der Waals surface area contributed by atoms with Gasteiger partial charge in [0.05, 0.1) is 24.0 Å². The van der Waals surface area contributed by atoms with E-state index in [1.165, 1.54) is 4.90 Å². The summed E-state index contributed by atoms with van der Waals surface area (Å²) < 4.78 is 5.71. The van der Waals surface area contributed by atoms with Gasteiger partial charge in [-0.25, -0.2) is 9.96 Å². The molecule has 2 aliphatic heterocycles. The third-order valence-electron chi connectivity index (χ3n) is 6.20. The number of amides is 2. The summed E-state index contributed by atoms with van der Waals surface area (Å²) in [6.45, 7) is 2.74. The number of fused-ring (bicyclic) bond motifs is 1. The first-order valence-corrected chi connectivity index (χ1v) is 11.8. The highest BCUT2D eigenvalue weighted by Crippen LogP contribution is 2.47. The lowest BCUT2D eigenvalue weighted by Crippen LogP contribution is -2.37. The number of para-hydroxylation sites is 1. The van der Waals surface area contributed by atoms with Gasteiger partial charge < -0.3 is 4.74 Å². The third kappa shape index (κ3) is 4.04. The van der Waals surface area contributed by atoms with Crippen LogP contribution in [0.5, 0.6) is 5.75 Å². The van der Waals surface area contributed by atoms with Crippen LogP contribution in [0.4, 0.5) is 11.4 Å². The van der Waals surface area contributed by atoms with E-state index in [0.717, 1.165) is 24.1 Å². The summed E-state index contributed by atoms with van der Waals surface area (Å²) >= 11 is 6.11. The number of hydrogen-bond acceptors (Lipinski definition) is 5. The maximum absolute atomic E-state index is 13.7. The first kappa shape index (κ1) is 22.4. The normalized spacial score (nSPS) is 21.8. The van der Waals surface area contributed by atoms with E-state index in [0.29, 0.717) is 23.1 Å². The highest BCUT2D eigenvalue weighted by Gasteiger charge is 2.60. The fourth-order valence-corrected chi connectivity index (χ4v) is 4.62. The average Bonchev–Trinajstić information content (AvgIpc) is 3.37. The summed E-state index contributed by atoms with van der Waals surface area (Å²) in [5.41, 5.74) is 2.14. The molecule has 7 heteroatoms. The van der Waals surface area contributed by atoms with Crippen LogP contribution in [-0.2, 0) is 14.4 Å². The second-order valence-corrected chi connectivity index (χ2v) is 8.85. The zero-order chi connectivity index (χ0) is 23.7. The van der Waals surface area contributed by atoms with Gasteiger partial charge in [-0.3, -0.25) is 14.4 Å². The van der Waals surface area contributed by atoms with E-state index in [9.17, 15) is 9.59 Å². The van der Waals surface area contributed by atoms with Gasteiger partial charge in [0, 0.05) is 5.02 Å². The fourth-order valence-electron chi connectivity index (χ4n) is 4.49. The maximum Gasteiger partial charge on any atom is 0.266 e. The van der Waals surface area contributed by atoms with Crippen LogP contribution in [0.3, 0.4) is 0 Å². The van der Waals surface area contributed by atoms with E-state index in [-0.39, 0.29) is 11.8 Å². The number of hydroxylamine groups is 1. The standard InChI is InChI=1S/C27H25ClN2O4/c1-2-3-17-33-22-15-13-20(14-16-22)29-26(31)23-24(18-9-11-19(28)12-10-18)30(34-25(23)27(29)32)21-7-5-4-6-8-21/h4-16,23-25H,2-3,17H2,1H3/t23-,24-,25-/m0/s1. The van der Waals surface area contributed by atoms with Crippen molar-refractivity contribution < 1.29 is 19.2 Å². The van der Waals surface area contributed by atoms with Gasteiger partial charge in [-0.1, -0.05) is 55.3 Å². The third-order valence-corrected chi connectivity index (χ3v) is 6.45. The number of rotatable bonds is 7. The van der Waals surface area contributed by atoms with Crippen LogP contribution in [-0.4, -0.2) is 24.5 Å². The number of ether oxygens (including phenoxy) is 1. The highest BCUT2D eigenvalue weighted by molar-refractivity contribution is 6.30. The van der Waals surface area contributed by atoms with Crippen LogP contribution in [0.15, 0.2) is 78.9 Å². The zero-order valence-corrected chi connectivity index (χ0v) is 19.5. The molecule has 0 radical (unpaired) electrons. The number of halogens is 1. The van der Waals surface area contributed by atoms with Crippen LogP contribution in [0, 0.1) is 5.92 Å². The number of benzene rings is 3. The lowest BCUT2D eigenvalue weighted by molar-refractivity contribution is -0.126. The van der Waals surface area contributed by atoms with Gasteiger partial charge in [-0.15, -0.1) is 0 Å². The van der Waals surface area contributed by atoms with E-state index in [1.54, 1.807) is 41.5 Å². The summed E-state index contributed by atoms with van der Waals surface area (Å²) in [5, 5.41) is 2.28. The molecule has 0 aromatic heterocycles. The molecule has 2 saturated heterocycles. The van der Waals surface area contributed by atoms with Crippen LogP contribution < -0.4 is 14.7 Å². The molecule has 2 heterocycles. The van der Waals surface area contributed by atoms with Gasteiger partial charge in [-0.05, 0) is 60.5 Å². The molecular formula is C27H25ClN2O4. The number of unbranched alkanes of at least 4 members (excludes halogenated alkanes) is 1. The lowest BCUT2D eigenvalue weighted by Gasteiger charge is -2.28. The molecule has 2 fully saturated rings. The number of nitrogens with zero attached hydrogens (tertiary/aromatic N) is 2. The van der Waals surface area contributed by atoms with Crippen LogP contribution in [0.2, 0.25) is 5.02 Å². The Labute approximate surface area is 203 Å². The molecule has 3 atom stereocenters. The molecule has 0 saturated carbocycles. The molecule has 174 valence electrons. The molecule has 3 aromatic carbocycles. The Kier molecular flexibility index (Phi) is 6.26. The second kappa shape index (κ2) is 9.49. The number of hydrogen-bond donors (Lipinski definition) is 0. The van der Waals surface area contributed by atoms with E-state index in [4.69, 9.17) is 21.2 Å². The summed E-state index contributed by atoms with van der Waals surface area (Å²) in [5.74, 6) is -0.628. The molecule has 0 spiro atoms. The van der Waals surface area contributed by atoms with Gasteiger partial charge in [0.1, 0.15) is 11.7 Å². The Morgan fingerprint density at radius 1 is 0.882 bits per heavy atom. The zero-order valence-electron chi connectivity index (χ0n) is 18.8. The molecule has 0 aliphatic carbocycles. The molecule has 2 aliphatic rings. The van der Waals surface area contributed by atoms with E-state index >= 15 is 0 Å². The van der Waals surface area contributed by atoms with Crippen molar-refractivity contribution in [2.45, 2.75) is 31.9 Å². The van der Waals surface area contributed by atoms with Gasteiger partial charge >= 0.3 is 0 Å². The number of imide groups is 1. The summed E-state index contributed by atoms with van der Waals surface area (Å²) in [6, 6.07) is 23.4. The molecule has 0 N–H and O–H groups in total. The quantitative estimate of drug-likeness (QED) is 0.329. The van der Waals surface area contributed by atoms with Crippen molar-refractivity contribution in [1.82, 2.24) is 0 Å². The average molecular weight is 477 g/mol.